The first kappa shape index (κ1) is 19.2. The molecule has 1 aliphatic heterocycles. The van der Waals surface area contributed by atoms with Crippen molar-refractivity contribution in [2.24, 2.45) is 5.92 Å². The number of hydrogen-bond acceptors (Lipinski definition) is 4. The molecule has 29 heavy (non-hydrogen) atoms. The summed E-state index contributed by atoms with van der Waals surface area (Å²) in [6.07, 6.45) is 4.73. The van der Waals surface area contributed by atoms with E-state index in [-0.39, 0.29) is 5.91 Å². The van der Waals surface area contributed by atoms with Gasteiger partial charge in [-0.1, -0.05) is 36.4 Å². The van der Waals surface area contributed by atoms with Crippen LogP contribution in [0.2, 0.25) is 0 Å². The molecule has 0 bridgehead atoms. The van der Waals surface area contributed by atoms with Gasteiger partial charge in [0.2, 0.25) is 0 Å². The zero-order valence-electron chi connectivity index (χ0n) is 16.7. The molecule has 6 nitrogen and oxygen atoms in total. The summed E-state index contributed by atoms with van der Waals surface area (Å²) < 4.78 is 7.37. The third-order valence-electron chi connectivity index (χ3n) is 5.49. The second-order valence-electron chi connectivity index (χ2n) is 7.56. The van der Waals surface area contributed by atoms with Crippen LogP contribution >= 0.6 is 0 Å². The molecular weight excluding hydrogens is 364 g/mol. The summed E-state index contributed by atoms with van der Waals surface area (Å²) in [6, 6.07) is 17.7. The average Bonchev–Trinajstić information content (AvgIpc) is 3.20. The Hall–Kier alpha value is -3.15. The zero-order chi connectivity index (χ0) is 20.1. The number of aromatic nitrogens is 3. The topological polar surface area (TPSA) is 60.2 Å². The van der Waals surface area contributed by atoms with Crippen molar-refractivity contribution in [1.82, 2.24) is 19.7 Å². The first-order valence-electron chi connectivity index (χ1n) is 10.1. The minimum atomic E-state index is 0.0688. The molecule has 0 aliphatic carbocycles. The summed E-state index contributed by atoms with van der Waals surface area (Å²) in [5, 5.41) is 8.47. The van der Waals surface area contributed by atoms with Gasteiger partial charge in [-0.05, 0) is 42.5 Å². The molecule has 3 aromatic rings. The summed E-state index contributed by atoms with van der Waals surface area (Å²) in [4.78, 5) is 14.9. The molecular formula is C23H26N4O2. The quantitative estimate of drug-likeness (QED) is 0.647. The molecule has 2 heterocycles. The van der Waals surface area contributed by atoms with Gasteiger partial charge in [-0.15, -0.1) is 10.2 Å². The van der Waals surface area contributed by atoms with Crippen LogP contribution in [0.1, 0.15) is 34.6 Å². The lowest BCUT2D eigenvalue weighted by atomic mass is 9.94. The van der Waals surface area contributed by atoms with Crippen LogP contribution in [0.15, 0.2) is 60.9 Å². The van der Waals surface area contributed by atoms with Gasteiger partial charge in [0, 0.05) is 25.1 Å². The Balaban J connectivity index is 1.42. The molecule has 1 saturated heterocycles. The van der Waals surface area contributed by atoms with E-state index in [1.807, 2.05) is 47.4 Å². The van der Waals surface area contributed by atoms with Crippen LogP contribution in [-0.2, 0) is 13.0 Å². The summed E-state index contributed by atoms with van der Waals surface area (Å²) >= 11 is 0. The number of hydrogen-bond donors (Lipinski definition) is 0. The predicted octanol–water partition coefficient (Wildman–Crippen LogP) is 3.43. The summed E-state index contributed by atoms with van der Waals surface area (Å²) in [5.74, 6) is 2.14. The monoisotopic (exact) mass is 390 g/mol. The largest absolute Gasteiger partial charge is 0.497 e. The van der Waals surface area contributed by atoms with Gasteiger partial charge in [0.1, 0.15) is 17.9 Å². The molecule has 0 radical (unpaired) electrons. The maximum atomic E-state index is 13.0. The van der Waals surface area contributed by atoms with Gasteiger partial charge in [0.25, 0.3) is 5.91 Å². The molecule has 1 atom stereocenters. The molecule has 6 heteroatoms. The molecule has 1 amide bonds. The van der Waals surface area contributed by atoms with E-state index in [4.69, 9.17) is 4.74 Å². The maximum Gasteiger partial charge on any atom is 0.253 e. The summed E-state index contributed by atoms with van der Waals surface area (Å²) in [5.41, 5.74) is 1.91. The highest BCUT2D eigenvalue weighted by molar-refractivity contribution is 5.94. The smallest absolute Gasteiger partial charge is 0.253 e. The van der Waals surface area contributed by atoms with Crippen molar-refractivity contribution in [2.45, 2.75) is 25.8 Å². The van der Waals surface area contributed by atoms with E-state index in [2.05, 4.69) is 26.9 Å². The van der Waals surface area contributed by atoms with Crippen LogP contribution in [0.25, 0.3) is 0 Å². The zero-order valence-corrected chi connectivity index (χ0v) is 16.7. The van der Waals surface area contributed by atoms with Gasteiger partial charge < -0.3 is 14.2 Å². The average molecular weight is 390 g/mol. The highest BCUT2D eigenvalue weighted by atomic mass is 16.5. The Morgan fingerprint density at radius 1 is 1.17 bits per heavy atom. The highest BCUT2D eigenvalue weighted by Crippen LogP contribution is 2.23. The lowest BCUT2D eigenvalue weighted by Gasteiger charge is -2.32. The van der Waals surface area contributed by atoms with Gasteiger partial charge in [-0.3, -0.25) is 4.79 Å². The first-order valence-corrected chi connectivity index (χ1v) is 10.1. The Bertz CT molecular complexity index is 954. The number of likely N-dealkylation sites (tertiary alicyclic amines) is 1. The van der Waals surface area contributed by atoms with Crippen LogP contribution in [0, 0.1) is 5.92 Å². The normalized spacial score (nSPS) is 16.6. The molecule has 0 N–H and O–H groups in total. The van der Waals surface area contributed by atoms with Crippen molar-refractivity contribution in [3.8, 4) is 5.75 Å². The van der Waals surface area contributed by atoms with E-state index >= 15 is 0 Å². The van der Waals surface area contributed by atoms with Crippen molar-refractivity contribution in [1.29, 1.82) is 0 Å². The number of rotatable bonds is 6. The third kappa shape index (κ3) is 4.65. The molecule has 150 valence electrons. The fraction of sp³-hybridized carbons (Fsp3) is 0.348. The van der Waals surface area contributed by atoms with Crippen LogP contribution in [-0.4, -0.2) is 45.8 Å². The second-order valence-corrected chi connectivity index (χ2v) is 7.56. The Labute approximate surface area is 171 Å². The minimum Gasteiger partial charge on any atom is -0.497 e. The van der Waals surface area contributed by atoms with E-state index < -0.39 is 0 Å². The van der Waals surface area contributed by atoms with Crippen molar-refractivity contribution in [3.05, 3.63) is 77.9 Å². The van der Waals surface area contributed by atoms with Crippen LogP contribution in [0.4, 0.5) is 0 Å². The minimum absolute atomic E-state index is 0.0688. The summed E-state index contributed by atoms with van der Waals surface area (Å²) in [7, 11) is 1.62. The third-order valence-corrected chi connectivity index (χ3v) is 5.49. The van der Waals surface area contributed by atoms with Gasteiger partial charge >= 0.3 is 0 Å². The Morgan fingerprint density at radius 2 is 2.03 bits per heavy atom. The fourth-order valence-electron chi connectivity index (χ4n) is 3.96. The van der Waals surface area contributed by atoms with Gasteiger partial charge in [-0.2, -0.15) is 0 Å². The van der Waals surface area contributed by atoms with Crippen molar-refractivity contribution in [2.75, 3.05) is 20.2 Å². The first-order chi connectivity index (χ1) is 14.2. The van der Waals surface area contributed by atoms with E-state index in [1.54, 1.807) is 13.4 Å². The van der Waals surface area contributed by atoms with E-state index in [0.29, 0.717) is 17.2 Å². The number of benzene rings is 2. The van der Waals surface area contributed by atoms with Gasteiger partial charge in [-0.25, -0.2) is 0 Å². The molecule has 1 aliphatic rings. The Morgan fingerprint density at radius 3 is 2.86 bits per heavy atom. The molecule has 2 aromatic carbocycles. The molecule has 4 rings (SSSR count). The van der Waals surface area contributed by atoms with Crippen molar-refractivity contribution >= 4 is 5.91 Å². The number of methoxy groups -OCH3 is 1. The SMILES string of the molecule is COc1cccc(C(=O)N2CCCC(Cc3nncn3Cc3ccccc3)C2)c1. The Kier molecular flexibility index (Phi) is 5.89. The van der Waals surface area contributed by atoms with Crippen molar-refractivity contribution < 1.29 is 9.53 Å². The maximum absolute atomic E-state index is 13.0. The lowest BCUT2D eigenvalue weighted by molar-refractivity contribution is 0.0671. The second kappa shape index (κ2) is 8.90. The van der Waals surface area contributed by atoms with Gasteiger partial charge in [0.15, 0.2) is 0 Å². The lowest BCUT2D eigenvalue weighted by Crippen LogP contribution is -2.40. The van der Waals surface area contributed by atoms with E-state index in [1.165, 1.54) is 5.56 Å². The number of nitrogens with zero attached hydrogens (tertiary/aromatic N) is 4. The van der Waals surface area contributed by atoms with Gasteiger partial charge in [0.05, 0.1) is 13.7 Å². The fourth-order valence-corrected chi connectivity index (χ4v) is 3.96. The predicted molar refractivity (Wildman–Crippen MR) is 111 cm³/mol. The van der Waals surface area contributed by atoms with E-state index in [0.717, 1.165) is 44.7 Å². The number of carbonyl (C=O) groups excluding carboxylic acids is 1. The number of carbonyl (C=O) groups is 1. The van der Waals surface area contributed by atoms with E-state index in [9.17, 15) is 4.79 Å². The van der Waals surface area contributed by atoms with Crippen LogP contribution in [0.3, 0.4) is 0 Å². The number of amides is 1. The van der Waals surface area contributed by atoms with Crippen LogP contribution < -0.4 is 4.74 Å². The summed E-state index contributed by atoms with van der Waals surface area (Å²) in [6.45, 7) is 2.31. The van der Waals surface area contributed by atoms with Crippen LogP contribution in [0.5, 0.6) is 5.75 Å². The molecule has 0 spiro atoms. The number of piperidine rings is 1. The molecule has 1 unspecified atom stereocenters. The standard InChI is InChI=1S/C23H26N4O2/c1-29-21-11-5-10-20(14-21)23(28)26-12-6-9-19(16-26)13-22-25-24-17-27(22)15-18-7-3-2-4-8-18/h2-5,7-8,10-11,14,17,19H,6,9,12-13,15-16H2,1H3. The number of ether oxygens (including phenoxy) is 1. The molecule has 0 saturated carbocycles. The highest BCUT2D eigenvalue weighted by Gasteiger charge is 2.26. The molecule has 1 fully saturated rings. The van der Waals surface area contributed by atoms with Crippen molar-refractivity contribution in [3.63, 3.8) is 0 Å². The molecule has 1 aromatic heterocycles.